The minimum atomic E-state index is 0.183. The smallest absolute Gasteiger partial charge is 0.146 e. The summed E-state index contributed by atoms with van der Waals surface area (Å²) >= 11 is 0. The number of aliphatic hydroxyl groups is 1. The van der Waals surface area contributed by atoms with Crippen molar-refractivity contribution >= 4 is 16.9 Å². The van der Waals surface area contributed by atoms with Gasteiger partial charge in [0.1, 0.15) is 30.1 Å². The van der Waals surface area contributed by atoms with Gasteiger partial charge in [0.05, 0.1) is 11.5 Å². The van der Waals surface area contributed by atoms with Crippen molar-refractivity contribution in [3.05, 3.63) is 36.8 Å². The molecule has 5 rings (SSSR count). The van der Waals surface area contributed by atoms with E-state index in [1.807, 2.05) is 18.2 Å². The second-order valence-corrected chi connectivity index (χ2v) is 8.06. The third kappa shape index (κ3) is 3.45. The van der Waals surface area contributed by atoms with Crippen LogP contribution in [-0.2, 0) is 4.74 Å². The van der Waals surface area contributed by atoms with Gasteiger partial charge >= 0.3 is 0 Å². The number of nitrogen functional groups attached to an aromatic ring is 1. The molecule has 1 saturated heterocycles. The molecule has 2 aromatic heterocycles. The number of ether oxygens (including phenoxy) is 2. The summed E-state index contributed by atoms with van der Waals surface area (Å²) in [6.45, 7) is 1.63. The molecule has 1 aliphatic carbocycles. The normalized spacial score (nSPS) is 24.0. The second-order valence-electron chi connectivity index (χ2n) is 8.06. The maximum absolute atomic E-state index is 9.37. The number of anilines is 1. The zero-order chi connectivity index (χ0) is 19.8. The van der Waals surface area contributed by atoms with Gasteiger partial charge in [-0.05, 0) is 49.3 Å². The van der Waals surface area contributed by atoms with Crippen molar-refractivity contribution in [2.24, 2.45) is 5.92 Å². The van der Waals surface area contributed by atoms with E-state index in [1.54, 1.807) is 0 Å². The Labute approximate surface area is 169 Å². The van der Waals surface area contributed by atoms with E-state index >= 15 is 0 Å². The van der Waals surface area contributed by atoms with Crippen LogP contribution in [0.5, 0.6) is 5.75 Å². The van der Waals surface area contributed by atoms with Crippen LogP contribution in [0.15, 0.2) is 36.8 Å². The summed E-state index contributed by atoms with van der Waals surface area (Å²) in [5, 5.41) is 10.2. The predicted molar refractivity (Wildman–Crippen MR) is 111 cm³/mol. The number of aliphatic hydroxyl groups excluding tert-OH is 1. The molecule has 0 bridgehead atoms. The molecule has 7 nitrogen and oxygen atoms in total. The van der Waals surface area contributed by atoms with E-state index in [4.69, 9.17) is 15.2 Å². The van der Waals surface area contributed by atoms with Gasteiger partial charge < -0.3 is 24.9 Å². The lowest BCUT2D eigenvalue weighted by Gasteiger charge is -2.35. The van der Waals surface area contributed by atoms with Crippen molar-refractivity contribution < 1.29 is 14.6 Å². The van der Waals surface area contributed by atoms with Gasteiger partial charge in [0.25, 0.3) is 0 Å². The molecule has 1 unspecified atom stereocenters. The van der Waals surface area contributed by atoms with Crippen LogP contribution in [0.4, 0.5) is 5.82 Å². The summed E-state index contributed by atoms with van der Waals surface area (Å²) in [6, 6.07) is 8.39. The molecule has 3 heterocycles. The van der Waals surface area contributed by atoms with Crippen LogP contribution in [-0.4, -0.2) is 45.6 Å². The maximum Gasteiger partial charge on any atom is 0.146 e. The molecule has 152 valence electrons. The Hall–Kier alpha value is -2.64. The van der Waals surface area contributed by atoms with Crippen LogP contribution in [0.1, 0.15) is 31.7 Å². The van der Waals surface area contributed by atoms with Gasteiger partial charge in [0, 0.05) is 31.0 Å². The van der Waals surface area contributed by atoms with Crippen molar-refractivity contribution in [2.75, 3.05) is 25.6 Å². The zero-order valence-corrected chi connectivity index (χ0v) is 16.3. The third-order valence-corrected chi connectivity index (χ3v) is 6.11. The maximum atomic E-state index is 9.37. The van der Waals surface area contributed by atoms with E-state index in [9.17, 15) is 5.11 Å². The van der Waals surface area contributed by atoms with Crippen LogP contribution in [0.2, 0.25) is 0 Å². The quantitative estimate of drug-likeness (QED) is 0.667. The van der Waals surface area contributed by atoms with Gasteiger partial charge in [-0.25, -0.2) is 9.97 Å². The number of aromatic nitrogens is 3. The number of benzene rings is 1. The van der Waals surface area contributed by atoms with Gasteiger partial charge in [-0.1, -0.05) is 12.1 Å². The van der Waals surface area contributed by atoms with Crippen LogP contribution < -0.4 is 10.5 Å². The average molecular weight is 394 g/mol. The van der Waals surface area contributed by atoms with Gasteiger partial charge in [-0.3, -0.25) is 0 Å². The monoisotopic (exact) mass is 394 g/mol. The molecule has 1 aromatic carbocycles. The number of fused-ring (bicyclic) bond motifs is 1. The summed E-state index contributed by atoms with van der Waals surface area (Å²) < 4.78 is 13.8. The molecule has 2 fully saturated rings. The molecule has 2 aliphatic rings. The summed E-state index contributed by atoms with van der Waals surface area (Å²) in [7, 11) is 0. The number of hydrogen-bond acceptors (Lipinski definition) is 6. The Kier molecular flexibility index (Phi) is 4.85. The highest BCUT2D eigenvalue weighted by atomic mass is 16.5. The van der Waals surface area contributed by atoms with E-state index in [2.05, 4.69) is 26.8 Å². The fourth-order valence-electron chi connectivity index (χ4n) is 4.40. The lowest BCUT2D eigenvalue weighted by atomic mass is 9.81. The first kappa shape index (κ1) is 18.4. The highest BCUT2D eigenvalue weighted by molar-refractivity contribution is 6.00. The molecule has 1 atom stereocenters. The van der Waals surface area contributed by atoms with Gasteiger partial charge in [0.2, 0.25) is 0 Å². The summed E-state index contributed by atoms with van der Waals surface area (Å²) in [4.78, 5) is 8.73. The Balaban J connectivity index is 1.47. The highest BCUT2D eigenvalue weighted by Gasteiger charge is 2.32. The summed E-state index contributed by atoms with van der Waals surface area (Å²) in [5.74, 6) is 1.67. The molecule has 3 aromatic rings. The predicted octanol–water partition coefficient (Wildman–Crippen LogP) is 3.18. The number of nitrogens with zero attached hydrogens (tertiary/aromatic N) is 3. The van der Waals surface area contributed by atoms with Crippen LogP contribution in [0.3, 0.4) is 0 Å². The van der Waals surface area contributed by atoms with Gasteiger partial charge in [0.15, 0.2) is 0 Å². The highest BCUT2D eigenvalue weighted by Crippen LogP contribution is 2.42. The molecule has 0 amide bonds. The second kappa shape index (κ2) is 7.65. The third-order valence-electron chi connectivity index (χ3n) is 6.11. The van der Waals surface area contributed by atoms with Crippen molar-refractivity contribution in [1.29, 1.82) is 0 Å². The fraction of sp³-hybridized carbons (Fsp3) is 0.455. The Bertz CT molecular complexity index is 1010. The van der Waals surface area contributed by atoms with Crippen LogP contribution in [0, 0.1) is 5.92 Å². The largest absolute Gasteiger partial charge is 0.491 e. The van der Waals surface area contributed by atoms with Gasteiger partial charge in [-0.2, -0.15) is 0 Å². The molecular formula is C22H26N4O3. The summed E-state index contributed by atoms with van der Waals surface area (Å²) in [5.41, 5.74) is 9.13. The lowest BCUT2D eigenvalue weighted by Crippen LogP contribution is -2.28. The van der Waals surface area contributed by atoms with E-state index in [0.29, 0.717) is 24.4 Å². The standard InChI is InChI=1S/C22H26N4O3/c23-21-20-19(10-26(22(20)25-13-24-21)16-7-14(8-16)11-27)15-3-1-4-17(9-15)29-12-18-5-2-6-28-18/h1,3-4,9-10,13-14,16,18,27H,2,5-8,11-12H2,(H2,23,24,25)/t14-,16+,18?. The van der Waals surface area contributed by atoms with E-state index in [0.717, 1.165) is 60.2 Å². The zero-order valence-electron chi connectivity index (χ0n) is 16.3. The first-order valence-electron chi connectivity index (χ1n) is 10.3. The Morgan fingerprint density at radius 3 is 2.97 bits per heavy atom. The molecule has 1 saturated carbocycles. The minimum absolute atomic E-state index is 0.183. The summed E-state index contributed by atoms with van der Waals surface area (Å²) in [6.07, 6.45) is 7.88. The van der Waals surface area contributed by atoms with Crippen molar-refractivity contribution in [3.8, 4) is 16.9 Å². The van der Waals surface area contributed by atoms with Crippen LogP contribution >= 0.6 is 0 Å². The molecule has 7 heteroatoms. The van der Waals surface area contributed by atoms with Crippen molar-refractivity contribution in [1.82, 2.24) is 14.5 Å². The molecule has 0 spiro atoms. The first-order valence-corrected chi connectivity index (χ1v) is 10.3. The lowest BCUT2D eigenvalue weighted by molar-refractivity contribution is 0.0680. The van der Waals surface area contributed by atoms with E-state index in [1.165, 1.54) is 6.33 Å². The molecular weight excluding hydrogens is 368 g/mol. The molecule has 29 heavy (non-hydrogen) atoms. The van der Waals surface area contributed by atoms with Crippen LogP contribution in [0.25, 0.3) is 22.2 Å². The minimum Gasteiger partial charge on any atom is -0.491 e. The van der Waals surface area contributed by atoms with E-state index in [-0.39, 0.29) is 12.7 Å². The first-order chi connectivity index (χ1) is 14.2. The Morgan fingerprint density at radius 2 is 2.17 bits per heavy atom. The number of nitrogens with two attached hydrogens (primary N) is 1. The fourth-order valence-corrected chi connectivity index (χ4v) is 4.40. The topological polar surface area (TPSA) is 95.4 Å². The van der Waals surface area contributed by atoms with Crippen molar-refractivity contribution in [3.63, 3.8) is 0 Å². The molecule has 3 N–H and O–H groups in total. The number of hydrogen-bond donors (Lipinski definition) is 2. The van der Waals surface area contributed by atoms with Gasteiger partial charge in [-0.15, -0.1) is 0 Å². The van der Waals surface area contributed by atoms with Crippen molar-refractivity contribution in [2.45, 2.75) is 37.8 Å². The molecule has 0 radical (unpaired) electrons. The SMILES string of the molecule is Nc1ncnc2c1c(-c1cccc(OCC3CCCO3)c1)cn2[C@H]1C[C@@H](CO)C1. The van der Waals surface area contributed by atoms with E-state index < -0.39 is 0 Å². The average Bonchev–Trinajstić information content (AvgIpc) is 3.35. The number of rotatable bonds is 6. The Morgan fingerprint density at radius 1 is 1.28 bits per heavy atom. The molecule has 1 aliphatic heterocycles.